The number of ether oxygens (including phenoxy) is 2. The first-order chi connectivity index (χ1) is 31.7. The molecule has 16 heteroatoms. The van der Waals surface area contributed by atoms with Crippen molar-refractivity contribution in [3.05, 3.63) is 0 Å². The van der Waals surface area contributed by atoms with Gasteiger partial charge in [-0.1, -0.05) is 131 Å². The Bertz CT molecular complexity index is 920. The zero-order valence-corrected chi connectivity index (χ0v) is 57.2. The average Bonchev–Trinajstić information content (AvgIpc) is 3.27. The van der Waals surface area contributed by atoms with Crippen LogP contribution in [0.5, 0.6) is 0 Å². The van der Waals surface area contributed by atoms with Crippen molar-refractivity contribution in [2.45, 2.75) is 252 Å². The van der Waals surface area contributed by atoms with Gasteiger partial charge in [0.25, 0.3) is 0 Å². The maximum absolute atomic E-state index is 6.39. The van der Waals surface area contributed by atoms with Crippen molar-refractivity contribution in [2.75, 3.05) is 60.9 Å². The van der Waals surface area contributed by atoms with Gasteiger partial charge in [0, 0.05) is 89.4 Å². The lowest BCUT2D eigenvalue weighted by Gasteiger charge is -2.33. The van der Waals surface area contributed by atoms with Gasteiger partial charge in [-0.25, -0.2) is 0 Å². The van der Waals surface area contributed by atoms with E-state index in [9.17, 15) is 0 Å². The molecule has 0 saturated heterocycles. The van der Waals surface area contributed by atoms with Gasteiger partial charge in [-0.15, -0.1) is 0 Å². The number of hydrogen-bond acceptors (Lipinski definition) is 14. The van der Waals surface area contributed by atoms with E-state index in [-0.39, 0.29) is 0 Å². The fraction of sp³-hybridized carbons (Fsp3) is 1.00. The van der Waals surface area contributed by atoms with Crippen LogP contribution in [-0.2, 0) is 9.47 Å². The lowest BCUT2D eigenvalue weighted by atomic mass is 10.4. The first kappa shape index (κ1) is 71.6. The molecule has 12 unspecified atom stereocenters. The molecule has 0 aliphatic rings. The van der Waals surface area contributed by atoms with Crippen molar-refractivity contribution in [3.63, 3.8) is 0 Å². The summed E-state index contributed by atoms with van der Waals surface area (Å²) in [5.74, 6) is 7.61. The maximum atomic E-state index is 6.39. The summed E-state index contributed by atoms with van der Waals surface area (Å²) in [5.41, 5.74) is 0. The third-order valence-corrected chi connectivity index (χ3v) is 38.0. The fourth-order valence-corrected chi connectivity index (χ4v) is 27.4. The summed E-state index contributed by atoms with van der Waals surface area (Å²) in [6, 6.07) is 11.6. The summed E-state index contributed by atoms with van der Waals surface area (Å²) >= 11 is 41.3. The molecule has 0 rings (SSSR count). The highest BCUT2D eigenvalue weighted by Gasteiger charge is 2.33. The highest BCUT2D eigenvalue weighted by Crippen LogP contribution is 2.37. The molecule has 0 radical (unpaired) electrons. The Morgan fingerprint density at radius 1 is 0.269 bits per heavy atom. The monoisotopic (exact) mass is 1190 g/mol. The second-order valence-corrected chi connectivity index (χ2v) is 44.1. The Kier molecular flexibility index (Phi) is 47.6. The summed E-state index contributed by atoms with van der Waals surface area (Å²) in [6.45, 7) is 31.0. The minimum absolute atomic E-state index is 0.444. The predicted molar refractivity (Wildman–Crippen MR) is 355 cm³/mol. The quantitative estimate of drug-likeness (QED) is 0.0203. The molecule has 67 heavy (non-hydrogen) atoms. The zero-order valence-electron chi connectivity index (χ0n) is 45.0. The molecule has 0 spiro atoms. The standard InChI is InChI=1S/C51H108O2S12Si2/c1-40(54)46(7)60-26-16-34-66(35-17-27-61-47(8)41(2)55,36-18-28-62-48(9)42(3)56)32-14-24-52-22-13-23-53-25-15-33-67(37-19-29-63-49(10)43(4)57,38-20-30-64-50(11)44(5)58)39-21-31-65-51(12)45(6)59/h40-51,54-59H,13-39H2,1-12H3. The van der Waals surface area contributed by atoms with Gasteiger partial charge in [0.2, 0.25) is 0 Å². The third kappa shape index (κ3) is 38.7. The van der Waals surface area contributed by atoms with Gasteiger partial charge in [-0.05, 0) is 92.3 Å². The van der Waals surface area contributed by atoms with Gasteiger partial charge >= 0.3 is 0 Å². The summed E-state index contributed by atoms with van der Waals surface area (Å²) < 4.78 is 12.8. The van der Waals surface area contributed by atoms with Crippen molar-refractivity contribution in [3.8, 4) is 0 Å². The Morgan fingerprint density at radius 3 is 0.612 bits per heavy atom. The molecule has 0 heterocycles. The Labute approximate surface area is 480 Å². The van der Waals surface area contributed by atoms with Gasteiger partial charge in [0.15, 0.2) is 0 Å². The van der Waals surface area contributed by atoms with Crippen molar-refractivity contribution in [2.24, 2.45) is 0 Å². The largest absolute Gasteiger partial charge is 0.381 e. The van der Waals surface area contributed by atoms with E-state index >= 15 is 0 Å². The van der Waals surface area contributed by atoms with Gasteiger partial charge in [-0.3, -0.25) is 0 Å². The SMILES string of the molecule is CC(S)C(C)SCCC[Si](CCCOCCCOCCC[Si](CCCSC(C)C(C)S)(CCCSC(C)C(C)S)CCCSC(C)C(C)S)(CCCSC(C)C(C)S)CCCSC(C)C(C)S. The molecule has 0 amide bonds. The van der Waals surface area contributed by atoms with Crippen molar-refractivity contribution in [1.29, 1.82) is 0 Å². The van der Waals surface area contributed by atoms with Crippen LogP contribution >= 0.6 is 146 Å². The highest BCUT2D eigenvalue weighted by molar-refractivity contribution is 8.02. The molecular formula is C51H108O2S12Si2. The summed E-state index contributed by atoms with van der Waals surface area (Å²) in [4.78, 5) is 0. The van der Waals surface area contributed by atoms with Crippen LogP contribution < -0.4 is 0 Å². The highest BCUT2D eigenvalue weighted by atomic mass is 32.2. The van der Waals surface area contributed by atoms with Crippen molar-refractivity contribution >= 4 is 162 Å². The summed E-state index contributed by atoms with van der Waals surface area (Å²) in [5, 5.41) is 6.31. The first-order valence-corrected chi connectivity index (χ1v) is 41.7. The second kappa shape index (κ2) is 44.5. The van der Waals surface area contributed by atoms with Gasteiger partial charge in [-0.2, -0.15) is 146 Å². The van der Waals surface area contributed by atoms with Crippen molar-refractivity contribution < 1.29 is 9.47 Å². The number of rotatable bonds is 48. The van der Waals surface area contributed by atoms with Gasteiger partial charge in [0.05, 0.1) is 16.1 Å². The molecule has 0 bridgehead atoms. The molecule has 0 aliphatic heterocycles. The summed E-state index contributed by atoms with van der Waals surface area (Å²) in [7, 11) is -2.95. The zero-order chi connectivity index (χ0) is 50.7. The molecule has 0 fully saturated rings. The fourth-order valence-electron chi connectivity index (χ4n) is 8.20. The van der Waals surface area contributed by atoms with Crippen LogP contribution in [0.1, 0.15) is 141 Å². The number of thiol groups is 6. The van der Waals surface area contributed by atoms with Crippen LogP contribution in [0.25, 0.3) is 0 Å². The van der Waals surface area contributed by atoms with Crippen LogP contribution in [0, 0.1) is 0 Å². The first-order valence-electron chi connectivity index (χ1n) is 26.6. The molecule has 2 nitrogen and oxygen atoms in total. The second-order valence-electron chi connectivity index (χ2n) is 20.3. The predicted octanol–water partition coefficient (Wildman–Crippen LogP) is 18.1. The smallest absolute Gasteiger partial charge is 0.0537 e. The molecule has 404 valence electrons. The van der Waals surface area contributed by atoms with E-state index in [1.165, 1.54) is 134 Å². The van der Waals surface area contributed by atoms with E-state index in [0.29, 0.717) is 63.0 Å². The van der Waals surface area contributed by atoms with Crippen LogP contribution in [0.2, 0.25) is 48.4 Å². The molecule has 0 aliphatic carbocycles. The Hall–Kier alpha value is 4.55. The molecule has 0 aromatic rings. The minimum Gasteiger partial charge on any atom is -0.381 e. The number of hydrogen-bond donors (Lipinski definition) is 6. The van der Waals surface area contributed by atoms with E-state index in [2.05, 4.69) is 154 Å². The van der Waals surface area contributed by atoms with Gasteiger partial charge in [0.1, 0.15) is 0 Å². The Balaban J connectivity index is 5.47. The third-order valence-electron chi connectivity index (χ3n) is 14.0. The van der Waals surface area contributed by atoms with E-state index in [0.717, 1.165) is 32.8 Å². The van der Waals surface area contributed by atoms with Crippen LogP contribution in [0.4, 0.5) is 0 Å². The van der Waals surface area contributed by atoms with Crippen LogP contribution in [0.3, 0.4) is 0 Å². The van der Waals surface area contributed by atoms with E-state index in [4.69, 9.17) is 85.2 Å². The normalized spacial score (nSPS) is 19.6. The topological polar surface area (TPSA) is 18.5 Å². The average molecular weight is 1190 g/mol. The van der Waals surface area contributed by atoms with Gasteiger partial charge < -0.3 is 9.47 Å². The molecular weight excluding hydrogens is 1090 g/mol. The molecule has 0 saturated carbocycles. The number of thioether (sulfide) groups is 6. The van der Waals surface area contributed by atoms with E-state index in [1.54, 1.807) is 0 Å². The van der Waals surface area contributed by atoms with Crippen LogP contribution in [-0.4, -0.2) is 140 Å². The van der Waals surface area contributed by atoms with E-state index < -0.39 is 16.1 Å². The van der Waals surface area contributed by atoms with Crippen molar-refractivity contribution in [1.82, 2.24) is 0 Å². The minimum atomic E-state index is -1.47. The lowest BCUT2D eigenvalue weighted by molar-refractivity contribution is 0.0830. The molecule has 0 aromatic heterocycles. The molecule has 12 atom stereocenters. The van der Waals surface area contributed by atoms with E-state index in [1.807, 2.05) is 0 Å². The molecule has 0 aromatic carbocycles. The molecule has 0 N–H and O–H groups in total. The van der Waals surface area contributed by atoms with Crippen LogP contribution in [0.15, 0.2) is 0 Å². The maximum Gasteiger partial charge on any atom is 0.0537 e. The summed E-state index contributed by atoms with van der Waals surface area (Å²) in [6.07, 6.45) is 11.6. The lowest BCUT2D eigenvalue weighted by Crippen LogP contribution is -2.35. The Morgan fingerprint density at radius 2 is 0.433 bits per heavy atom.